The quantitative estimate of drug-likeness (QED) is 0.900. The van der Waals surface area contributed by atoms with E-state index in [9.17, 15) is 5.11 Å². The van der Waals surface area contributed by atoms with Crippen LogP contribution in [0.4, 0.5) is 5.82 Å². The van der Waals surface area contributed by atoms with Crippen LogP contribution in [-0.2, 0) is 0 Å². The van der Waals surface area contributed by atoms with E-state index in [1.54, 1.807) is 10.7 Å². The maximum atomic E-state index is 10.7. The lowest BCUT2D eigenvalue weighted by Crippen LogP contribution is -2.47. The molecule has 120 valence electrons. The second-order valence-corrected chi connectivity index (χ2v) is 6.70. The van der Waals surface area contributed by atoms with Gasteiger partial charge in [-0.25, -0.2) is 4.98 Å². The van der Waals surface area contributed by atoms with Gasteiger partial charge in [-0.3, -0.25) is 0 Å². The van der Waals surface area contributed by atoms with Crippen LogP contribution in [-0.4, -0.2) is 56.9 Å². The highest BCUT2D eigenvalue weighted by molar-refractivity contribution is 5.49. The molecule has 22 heavy (non-hydrogen) atoms. The van der Waals surface area contributed by atoms with Gasteiger partial charge in [0.2, 0.25) is 0 Å². The Bertz CT molecular complexity index is 643. The van der Waals surface area contributed by atoms with Crippen LogP contribution in [0.2, 0.25) is 0 Å². The van der Waals surface area contributed by atoms with E-state index in [2.05, 4.69) is 41.2 Å². The summed E-state index contributed by atoms with van der Waals surface area (Å²) in [5.74, 6) is 1.25. The van der Waals surface area contributed by atoms with Crippen LogP contribution in [0, 0.1) is 0 Å². The average Bonchev–Trinajstić information content (AvgIpc) is 2.96. The molecule has 0 aliphatic carbocycles. The molecule has 0 atom stereocenters. The molecule has 1 saturated heterocycles. The summed E-state index contributed by atoms with van der Waals surface area (Å²) >= 11 is 0. The van der Waals surface area contributed by atoms with Gasteiger partial charge in [-0.2, -0.15) is 9.61 Å². The minimum absolute atomic E-state index is 0.354. The lowest BCUT2D eigenvalue weighted by Gasteiger charge is -2.36. The van der Waals surface area contributed by atoms with Crippen molar-refractivity contribution in [2.24, 2.45) is 0 Å². The number of hydrogen-bond donors (Lipinski definition) is 2. The fraction of sp³-hybridized carbons (Fsp3) is 0.625. The minimum atomic E-state index is -0.646. The number of likely N-dealkylation sites (tertiary alicyclic amines) is 1. The Morgan fingerprint density at radius 3 is 2.77 bits per heavy atom. The molecule has 0 amide bonds. The highest BCUT2D eigenvalue weighted by atomic mass is 16.3. The Labute approximate surface area is 131 Å². The summed E-state index contributed by atoms with van der Waals surface area (Å²) in [6.07, 6.45) is 3.34. The number of hydrogen-bond acceptors (Lipinski definition) is 5. The lowest BCUT2D eigenvalue weighted by atomic mass is 9.91. The number of nitrogens with zero attached hydrogens (tertiary/aromatic N) is 4. The van der Waals surface area contributed by atoms with Crippen molar-refractivity contribution in [3.05, 3.63) is 24.0 Å². The van der Waals surface area contributed by atoms with E-state index in [-0.39, 0.29) is 0 Å². The fourth-order valence-electron chi connectivity index (χ4n) is 2.82. The molecule has 2 N–H and O–H groups in total. The Kier molecular flexibility index (Phi) is 4.06. The van der Waals surface area contributed by atoms with E-state index in [4.69, 9.17) is 0 Å². The van der Waals surface area contributed by atoms with Crippen LogP contribution in [0.25, 0.3) is 5.65 Å². The van der Waals surface area contributed by atoms with Gasteiger partial charge in [0.05, 0.1) is 11.8 Å². The van der Waals surface area contributed by atoms with Crippen molar-refractivity contribution in [1.82, 2.24) is 19.5 Å². The van der Waals surface area contributed by atoms with Gasteiger partial charge in [-0.1, -0.05) is 13.8 Å². The van der Waals surface area contributed by atoms with Crippen molar-refractivity contribution < 1.29 is 5.11 Å². The Hall–Kier alpha value is -1.66. The summed E-state index contributed by atoms with van der Waals surface area (Å²) < 4.78 is 1.80. The van der Waals surface area contributed by atoms with Gasteiger partial charge in [0.15, 0.2) is 5.65 Å². The van der Waals surface area contributed by atoms with Crippen molar-refractivity contribution in [3.8, 4) is 0 Å². The maximum absolute atomic E-state index is 10.7. The molecule has 1 fully saturated rings. The summed E-state index contributed by atoms with van der Waals surface area (Å²) in [4.78, 5) is 6.86. The first-order valence-electron chi connectivity index (χ1n) is 7.96. The van der Waals surface area contributed by atoms with Gasteiger partial charge in [-0.15, -0.1) is 0 Å². The molecule has 1 aliphatic rings. The number of fused-ring (bicyclic) bond motifs is 1. The minimum Gasteiger partial charge on any atom is -0.388 e. The molecule has 0 bridgehead atoms. The Morgan fingerprint density at radius 2 is 2.09 bits per heavy atom. The number of aromatic nitrogens is 3. The van der Waals surface area contributed by atoms with Gasteiger partial charge >= 0.3 is 0 Å². The largest absolute Gasteiger partial charge is 0.388 e. The summed E-state index contributed by atoms with van der Waals surface area (Å²) in [5, 5.41) is 18.4. The molecule has 2 aromatic heterocycles. The van der Waals surface area contributed by atoms with Gasteiger partial charge in [0, 0.05) is 37.5 Å². The third kappa shape index (κ3) is 3.08. The molecular weight excluding hydrogens is 278 g/mol. The second kappa shape index (κ2) is 5.85. The molecule has 0 radical (unpaired) electrons. The maximum Gasteiger partial charge on any atom is 0.157 e. The van der Waals surface area contributed by atoms with Crippen molar-refractivity contribution in [1.29, 1.82) is 0 Å². The van der Waals surface area contributed by atoms with Crippen LogP contribution in [0.15, 0.2) is 18.3 Å². The molecular formula is C16H25N5O. The van der Waals surface area contributed by atoms with Crippen molar-refractivity contribution >= 4 is 11.5 Å². The molecule has 6 heteroatoms. The van der Waals surface area contributed by atoms with Crippen LogP contribution >= 0.6 is 0 Å². The molecule has 0 spiro atoms. The van der Waals surface area contributed by atoms with Gasteiger partial charge < -0.3 is 15.3 Å². The van der Waals surface area contributed by atoms with E-state index in [0.29, 0.717) is 12.5 Å². The lowest BCUT2D eigenvalue weighted by molar-refractivity contribution is -0.00412. The summed E-state index contributed by atoms with van der Waals surface area (Å²) in [5.41, 5.74) is 1.22. The monoisotopic (exact) mass is 303 g/mol. The van der Waals surface area contributed by atoms with Crippen molar-refractivity contribution in [3.63, 3.8) is 0 Å². The van der Waals surface area contributed by atoms with Crippen LogP contribution in [0.5, 0.6) is 0 Å². The van der Waals surface area contributed by atoms with E-state index in [0.717, 1.165) is 43.1 Å². The summed E-state index contributed by atoms with van der Waals surface area (Å²) in [6, 6.07) is 3.93. The van der Waals surface area contributed by atoms with E-state index < -0.39 is 5.60 Å². The van der Waals surface area contributed by atoms with E-state index in [1.807, 2.05) is 12.1 Å². The molecule has 2 aromatic rings. The molecule has 0 saturated carbocycles. The second-order valence-electron chi connectivity index (χ2n) is 6.70. The highest BCUT2D eigenvalue weighted by Gasteiger charge is 2.31. The Balaban J connectivity index is 1.79. The summed E-state index contributed by atoms with van der Waals surface area (Å²) in [7, 11) is 2.10. The van der Waals surface area contributed by atoms with Crippen LogP contribution in [0.1, 0.15) is 38.3 Å². The first-order valence-corrected chi connectivity index (χ1v) is 7.96. The van der Waals surface area contributed by atoms with Gasteiger partial charge in [0.25, 0.3) is 0 Å². The fourth-order valence-corrected chi connectivity index (χ4v) is 2.82. The van der Waals surface area contributed by atoms with Crippen LogP contribution < -0.4 is 5.32 Å². The first kappa shape index (κ1) is 15.2. The van der Waals surface area contributed by atoms with Crippen molar-refractivity contribution in [2.45, 2.75) is 38.2 Å². The smallest absolute Gasteiger partial charge is 0.157 e. The normalized spacial score (nSPS) is 19.0. The predicted octanol–water partition coefficient (Wildman–Crippen LogP) is 1.72. The van der Waals surface area contributed by atoms with Crippen molar-refractivity contribution in [2.75, 3.05) is 32.0 Å². The number of piperidine rings is 1. The zero-order valence-corrected chi connectivity index (χ0v) is 13.6. The molecule has 1 aliphatic heterocycles. The van der Waals surface area contributed by atoms with Crippen LogP contribution in [0.3, 0.4) is 0 Å². The summed E-state index contributed by atoms with van der Waals surface area (Å²) in [6.45, 7) is 6.66. The third-order valence-corrected chi connectivity index (χ3v) is 4.49. The number of nitrogens with one attached hydrogen (secondary N) is 1. The molecule has 6 nitrogen and oxygen atoms in total. The highest BCUT2D eigenvalue weighted by Crippen LogP contribution is 2.23. The number of rotatable bonds is 4. The number of anilines is 1. The predicted molar refractivity (Wildman–Crippen MR) is 87.2 cm³/mol. The van der Waals surface area contributed by atoms with E-state index >= 15 is 0 Å². The Morgan fingerprint density at radius 1 is 1.36 bits per heavy atom. The van der Waals surface area contributed by atoms with Gasteiger partial charge in [0.1, 0.15) is 5.82 Å². The molecule has 0 unspecified atom stereocenters. The zero-order valence-electron chi connectivity index (χ0n) is 13.6. The third-order valence-electron chi connectivity index (χ3n) is 4.49. The number of aliphatic hydroxyl groups is 1. The van der Waals surface area contributed by atoms with E-state index in [1.165, 1.54) is 0 Å². The first-order chi connectivity index (χ1) is 10.5. The molecule has 0 aromatic carbocycles. The zero-order chi connectivity index (χ0) is 15.7. The standard InChI is InChI=1S/C16H25N5O/c1-12(2)13-10-15(21-14(19-13)4-7-18-21)17-11-16(22)5-8-20(3)9-6-16/h4,7,10,12,17,22H,5-6,8-9,11H2,1-3H3. The SMILES string of the molecule is CC(C)c1cc(NCC2(O)CCN(C)CC2)n2nccc2n1. The average molecular weight is 303 g/mol. The molecule has 3 rings (SSSR count). The topological polar surface area (TPSA) is 65.7 Å². The molecule has 3 heterocycles. The van der Waals surface area contributed by atoms with Gasteiger partial charge in [-0.05, 0) is 25.8 Å².